The molecule has 0 spiro atoms. The molecule has 1 aliphatic heterocycles. The lowest BCUT2D eigenvalue weighted by Crippen LogP contribution is -2.26. The molecule has 0 N–H and O–H groups in total. The summed E-state index contributed by atoms with van der Waals surface area (Å²) < 4.78 is 10.9. The van der Waals surface area contributed by atoms with Crippen molar-refractivity contribution in [3.63, 3.8) is 0 Å². The number of hydrogen-bond acceptors (Lipinski definition) is 2. The fourth-order valence-corrected chi connectivity index (χ4v) is 1.49. The van der Waals surface area contributed by atoms with Crippen LogP contribution in [-0.4, -0.2) is 30.2 Å². The zero-order chi connectivity index (χ0) is 8.27. The SMILES string of the molecule is CCC(C)OC1COCC1Br. The third kappa shape index (κ3) is 2.73. The van der Waals surface area contributed by atoms with Gasteiger partial charge < -0.3 is 9.47 Å². The van der Waals surface area contributed by atoms with E-state index in [9.17, 15) is 0 Å². The van der Waals surface area contributed by atoms with E-state index in [1.54, 1.807) is 0 Å². The summed E-state index contributed by atoms with van der Waals surface area (Å²) in [6.07, 6.45) is 1.67. The van der Waals surface area contributed by atoms with E-state index < -0.39 is 0 Å². The molecular formula is C8H15BrO2. The van der Waals surface area contributed by atoms with Crippen LogP contribution in [0.1, 0.15) is 20.3 Å². The lowest BCUT2D eigenvalue weighted by Gasteiger charge is -2.18. The van der Waals surface area contributed by atoms with Gasteiger partial charge in [0, 0.05) is 0 Å². The summed E-state index contributed by atoms with van der Waals surface area (Å²) in [7, 11) is 0. The molecule has 2 nitrogen and oxygen atoms in total. The fourth-order valence-electron chi connectivity index (χ4n) is 1.03. The minimum absolute atomic E-state index is 0.255. The molecule has 66 valence electrons. The Labute approximate surface area is 76.4 Å². The van der Waals surface area contributed by atoms with Crippen molar-refractivity contribution in [3.8, 4) is 0 Å². The second-order valence-electron chi connectivity index (χ2n) is 2.95. The summed E-state index contributed by atoms with van der Waals surface area (Å²) in [5.41, 5.74) is 0. The normalized spacial score (nSPS) is 34.1. The molecule has 1 aliphatic rings. The Morgan fingerprint density at radius 3 is 2.82 bits per heavy atom. The maximum atomic E-state index is 5.70. The zero-order valence-electron chi connectivity index (χ0n) is 7.05. The Bertz CT molecular complexity index is 119. The van der Waals surface area contributed by atoms with Crippen LogP contribution in [0.25, 0.3) is 0 Å². The van der Waals surface area contributed by atoms with Gasteiger partial charge in [-0.2, -0.15) is 0 Å². The van der Waals surface area contributed by atoms with Crippen molar-refractivity contribution in [2.24, 2.45) is 0 Å². The zero-order valence-corrected chi connectivity index (χ0v) is 8.63. The van der Waals surface area contributed by atoms with Crippen molar-refractivity contribution in [2.45, 2.75) is 37.3 Å². The lowest BCUT2D eigenvalue weighted by atomic mass is 10.3. The highest BCUT2D eigenvalue weighted by atomic mass is 79.9. The van der Waals surface area contributed by atoms with Crippen LogP contribution in [0.5, 0.6) is 0 Å². The Balaban J connectivity index is 2.24. The second kappa shape index (κ2) is 4.43. The first-order chi connectivity index (χ1) is 5.24. The van der Waals surface area contributed by atoms with E-state index in [0.29, 0.717) is 10.9 Å². The third-order valence-electron chi connectivity index (χ3n) is 1.94. The molecule has 1 fully saturated rings. The van der Waals surface area contributed by atoms with Gasteiger partial charge in [-0.15, -0.1) is 0 Å². The molecule has 0 aromatic rings. The first-order valence-corrected chi connectivity index (χ1v) is 5.03. The maximum Gasteiger partial charge on any atom is 0.0959 e. The number of hydrogen-bond donors (Lipinski definition) is 0. The van der Waals surface area contributed by atoms with E-state index in [0.717, 1.165) is 19.6 Å². The number of halogens is 1. The Kier molecular flexibility index (Phi) is 3.82. The Hall–Kier alpha value is 0.400. The van der Waals surface area contributed by atoms with E-state index in [2.05, 4.69) is 29.8 Å². The molecule has 0 aromatic heterocycles. The van der Waals surface area contributed by atoms with Gasteiger partial charge in [0.05, 0.1) is 30.2 Å². The highest BCUT2D eigenvalue weighted by molar-refractivity contribution is 9.09. The van der Waals surface area contributed by atoms with Crippen LogP contribution in [0.3, 0.4) is 0 Å². The van der Waals surface area contributed by atoms with Crippen molar-refractivity contribution in [1.82, 2.24) is 0 Å². The Morgan fingerprint density at radius 2 is 2.36 bits per heavy atom. The van der Waals surface area contributed by atoms with E-state index in [-0.39, 0.29) is 6.10 Å². The Morgan fingerprint density at radius 1 is 1.64 bits per heavy atom. The van der Waals surface area contributed by atoms with Gasteiger partial charge in [-0.1, -0.05) is 22.9 Å². The molecular weight excluding hydrogens is 208 g/mol. The van der Waals surface area contributed by atoms with Crippen LogP contribution in [-0.2, 0) is 9.47 Å². The van der Waals surface area contributed by atoms with Crippen LogP contribution in [0.2, 0.25) is 0 Å². The van der Waals surface area contributed by atoms with Crippen molar-refractivity contribution < 1.29 is 9.47 Å². The maximum absolute atomic E-state index is 5.70. The average Bonchev–Trinajstić information content (AvgIpc) is 2.37. The minimum atomic E-state index is 0.255. The molecule has 1 heterocycles. The summed E-state index contributed by atoms with van der Waals surface area (Å²) in [5, 5.41) is 0. The summed E-state index contributed by atoms with van der Waals surface area (Å²) >= 11 is 3.51. The van der Waals surface area contributed by atoms with Crippen LogP contribution in [0.15, 0.2) is 0 Å². The number of alkyl halides is 1. The summed E-state index contributed by atoms with van der Waals surface area (Å²) in [5.74, 6) is 0. The van der Waals surface area contributed by atoms with Gasteiger partial charge >= 0.3 is 0 Å². The molecule has 0 radical (unpaired) electrons. The van der Waals surface area contributed by atoms with Crippen molar-refractivity contribution in [2.75, 3.05) is 13.2 Å². The standard InChI is InChI=1S/C8H15BrO2/c1-3-6(2)11-8-5-10-4-7(8)9/h6-8H,3-5H2,1-2H3. The summed E-state index contributed by atoms with van der Waals surface area (Å²) in [4.78, 5) is 0.386. The quantitative estimate of drug-likeness (QED) is 0.681. The predicted octanol–water partition coefficient (Wildman–Crippen LogP) is 1.96. The number of rotatable bonds is 3. The molecule has 0 bridgehead atoms. The molecule has 0 aromatic carbocycles. The molecule has 0 saturated carbocycles. The van der Waals surface area contributed by atoms with Gasteiger partial charge in [-0.3, -0.25) is 0 Å². The van der Waals surface area contributed by atoms with E-state index in [1.165, 1.54) is 0 Å². The van der Waals surface area contributed by atoms with E-state index >= 15 is 0 Å². The van der Waals surface area contributed by atoms with Crippen LogP contribution >= 0.6 is 15.9 Å². The highest BCUT2D eigenvalue weighted by Crippen LogP contribution is 2.19. The van der Waals surface area contributed by atoms with Crippen LogP contribution in [0.4, 0.5) is 0 Å². The van der Waals surface area contributed by atoms with Gasteiger partial charge in [-0.05, 0) is 13.3 Å². The summed E-state index contributed by atoms with van der Waals surface area (Å²) in [6, 6.07) is 0. The fraction of sp³-hybridized carbons (Fsp3) is 1.00. The molecule has 0 aliphatic carbocycles. The largest absolute Gasteiger partial charge is 0.377 e. The molecule has 11 heavy (non-hydrogen) atoms. The van der Waals surface area contributed by atoms with Crippen molar-refractivity contribution in [1.29, 1.82) is 0 Å². The highest BCUT2D eigenvalue weighted by Gasteiger charge is 2.27. The predicted molar refractivity (Wildman–Crippen MR) is 48.2 cm³/mol. The first-order valence-electron chi connectivity index (χ1n) is 4.11. The minimum Gasteiger partial charge on any atom is -0.377 e. The van der Waals surface area contributed by atoms with Gasteiger partial charge in [0.25, 0.3) is 0 Å². The lowest BCUT2D eigenvalue weighted by molar-refractivity contribution is -0.00556. The molecule has 1 saturated heterocycles. The van der Waals surface area contributed by atoms with Gasteiger partial charge in [0.2, 0.25) is 0 Å². The molecule has 3 heteroatoms. The van der Waals surface area contributed by atoms with Gasteiger partial charge in [0.1, 0.15) is 0 Å². The van der Waals surface area contributed by atoms with Gasteiger partial charge in [0.15, 0.2) is 0 Å². The monoisotopic (exact) mass is 222 g/mol. The first kappa shape index (κ1) is 9.49. The summed E-state index contributed by atoms with van der Waals surface area (Å²) in [6.45, 7) is 5.74. The van der Waals surface area contributed by atoms with E-state index in [4.69, 9.17) is 9.47 Å². The molecule has 0 amide bonds. The van der Waals surface area contributed by atoms with E-state index in [1.807, 2.05) is 0 Å². The van der Waals surface area contributed by atoms with Crippen molar-refractivity contribution in [3.05, 3.63) is 0 Å². The third-order valence-corrected chi connectivity index (χ3v) is 2.80. The molecule has 3 atom stereocenters. The topological polar surface area (TPSA) is 18.5 Å². The second-order valence-corrected chi connectivity index (χ2v) is 4.12. The average molecular weight is 223 g/mol. The molecule has 1 rings (SSSR count). The van der Waals surface area contributed by atoms with Crippen LogP contribution < -0.4 is 0 Å². The molecule has 3 unspecified atom stereocenters. The van der Waals surface area contributed by atoms with Crippen LogP contribution in [0, 0.1) is 0 Å². The van der Waals surface area contributed by atoms with Crippen molar-refractivity contribution >= 4 is 15.9 Å². The number of ether oxygens (including phenoxy) is 2. The smallest absolute Gasteiger partial charge is 0.0959 e. The van der Waals surface area contributed by atoms with Gasteiger partial charge in [-0.25, -0.2) is 0 Å².